The number of benzene rings is 2. The van der Waals surface area contributed by atoms with Crippen LogP contribution in [0.15, 0.2) is 53.1 Å². The smallest absolute Gasteiger partial charge is 0.261 e. The van der Waals surface area contributed by atoms with Gasteiger partial charge in [-0.15, -0.1) is 0 Å². The van der Waals surface area contributed by atoms with Gasteiger partial charge in [-0.25, -0.2) is 0 Å². The van der Waals surface area contributed by atoms with Gasteiger partial charge < -0.3 is 9.84 Å². The van der Waals surface area contributed by atoms with Crippen molar-refractivity contribution in [2.24, 2.45) is 0 Å². The molecule has 4 nitrogen and oxygen atoms in total. The van der Waals surface area contributed by atoms with Crippen LogP contribution in [0.25, 0.3) is 11.3 Å². The van der Waals surface area contributed by atoms with Gasteiger partial charge in [-0.05, 0) is 31.5 Å². The quantitative estimate of drug-likeness (QED) is 0.747. The fraction of sp³-hybridized carbons (Fsp3) is 0.111. The summed E-state index contributed by atoms with van der Waals surface area (Å²) in [5, 5.41) is 7.33. The number of halogens is 1. The lowest BCUT2D eigenvalue weighted by Crippen LogP contribution is -2.13. The second kappa shape index (κ2) is 6.26. The van der Waals surface area contributed by atoms with E-state index >= 15 is 0 Å². The molecule has 1 amide bonds. The molecule has 3 aromatic rings. The summed E-state index contributed by atoms with van der Waals surface area (Å²) in [5.74, 6) is 0.165. The van der Waals surface area contributed by atoms with E-state index in [0.29, 0.717) is 27.7 Å². The van der Waals surface area contributed by atoms with Crippen molar-refractivity contribution in [3.63, 3.8) is 0 Å². The number of amides is 1. The average molecular weight is 327 g/mol. The Hall–Kier alpha value is -2.59. The monoisotopic (exact) mass is 326 g/mol. The number of nitrogens with zero attached hydrogens (tertiary/aromatic N) is 1. The van der Waals surface area contributed by atoms with Crippen molar-refractivity contribution in [1.29, 1.82) is 0 Å². The molecule has 0 aliphatic carbocycles. The maximum Gasteiger partial charge on any atom is 0.261 e. The zero-order chi connectivity index (χ0) is 16.4. The molecule has 1 heterocycles. The molecule has 0 fully saturated rings. The zero-order valence-electron chi connectivity index (χ0n) is 12.8. The molecule has 5 heteroatoms. The summed E-state index contributed by atoms with van der Waals surface area (Å²) in [6.45, 7) is 3.65. The van der Waals surface area contributed by atoms with Crippen molar-refractivity contribution in [2.45, 2.75) is 13.8 Å². The normalized spacial score (nSPS) is 10.6. The van der Waals surface area contributed by atoms with E-state index in [1.807, 2.05) is 43.3 Å². The predicted molar refractivity (Wildman–Crippen MR) is 90.8 cm³/mol. The number of hydrogen-bond acceptors (Lipinski definition) is 3. The molecule has 3 rings (SSSR count). The number of rotatable bonds is 3. The van der Waals surface area contributed by atoms with E-state index in [2.05, 4.69) is 10.5 Å². The molecule has 1 aromatic heterocycles. The molecule has 0 aliphatic heterocycles. The van der Waals surface area contributed by atoms with Crippen molar-refractivity contribution < 1.29 is 9.32 Å². The lowest BCUT2D eigenvalue weighted by atomic mass is 10.1. The second-order valence-corrected chi connectivity index (χ2v) is 5.67. The van der Waals surface area contributed by atoms with Crippen LogP contribution in [0.1, 0.15) is 21.7 Å². The Bertz CT molecular complexity index is 857. The van der Waals surface area contributed by atoms with Crippen LogP contribution in [0.4, 0.5) is 5.69 Å². The first-order chi connectivity index (χ1) is 11.1. The molecule has 23 heavy (non-hydrogen) atoms. The minimum absolute atomic E-state index is 0.298. The Morgan fingerprint density at radius 1 is 1.13 bits per heavy atom. The van der Waals surface area contributed by atoms with Crippen LogP contribution in [0.5, 0.6) is 0 Å². The molecule has 2 aromatic carbocycles. The van der Waals surface area contributed by atoms with Crippen LogP contribution in [0.3, 0.4) is 0 Å². The lowest BCUT2D eigenvalue weighted by Gasteiger charge is -2.08. The molecule has 1 N–H and O–H groups in total. The average Bonchev–Trinajstić information content (AvgIpc) is 2.93. The van der Waals surface area contributed by atoms with Crippen molar-refractivity contribution in [1.82, 2.24) is 5.16 Å². The molecule has 0 saturated heterocycles. The van der Waals surface area contributed by atoms with Gasteiger partial charge in [0.15, 0.2) is 0 Å². The second-order valence-electron chi connectivity index (χ2n) is 5.27. The summed E-state index contributed by atoms with van der Waals surface area (Å²) >= 11 is 6.18. The summed E-state index contributed by atoms with van der Waals surface area (Å²) in [7, 11) is 0. The molecule has 0 aliphatic rings. The predicted octanol–water partition coefficient (Wildman–Crippen LogP) is 4.86. The highest BCUT2D eigenvalue weighted by atomic mass is 35.5. The molecule has 0 unspecified atom stereocenters. The molecule has 0 spiro atoms. The van der Waals surface area contributed by atoms with Crippen LogP contribution >= 0.6 is 11.6 Å². The third-order valence-corrected chi connectivity index (χ3v) is 3.82. The number of carbonyl (C=O) groups is 1. The summed E-state index contributed by atoms with van der Waals surface area (Å²) < 4.78 is 5.21. The van der Waals surface area contributed by atoms with Crippen LogP contribution < -0.4 is 5.32 Å². The van der Waals surface area contributed by atoms with Gasteiger partial charge in [-0.1, -0.05) is 53.2 Å². The number of carbonyl (C=O) groups excluding carboxylic acids is 1. The Kier molecular flexibility index (Phi) is 4.17. The molecule has 0 radical (unpaired) electrons. The maximum atomic E-state index is 12.7. The summed E-state index contributed by atoms with van der Waals surface area (Å²) in [5.41, 5.74) is 3.34. The Labute approximate surface area is 139 Å². The zero-order valence-corrected chi connectivity index (χ0v) is 13.5. The molecular weight excluding hydrogens is 312 g/mol. The highest BCUT2D eigenvalue weighted by molar-refractivity contribution is 6.34. The van der Waals surface area contributed by atoms with Crippen molar-refractivity contribution in [3.05, 3.63) is 70.4 Å². The fourth-order valence-corrected chi connectivity index (χ4v) is 2.62. The van der Waals surface area contributed by atoms with Gasteiger partial charge in [-0.2, -0.15) is 0 Å². The van der Waals surface area contributed by atoms with Gasteiger partial charge >= 0.3 is 0 Å². The van der Waals surface area contributed by atoms with E-state index < -0.39 is 0 Å². The molecular formula is C18H15ClN2O2. The third kappa shape index (κ3) is 3.12. The largest absolute Gasteiger partial charge is 0.360 e. The van der Waals surface area contributed by atoms with Crippen LogP contribution in [-0.4, -0.2) is 11.1 Å². The van der Waals surface area contributed by atoms with Crippen molar-refractivity contribution >= 4 is 23.2 Å². The van der Waals surface area contributed by atoms with Gasteiger partial charge in [0.2, 0.25) is 0 Å². The highest BCUT2D eigenvalue weighted by Crippen LogP contribution is 2.28. The Balaban J connectivity index is 1.96. The van der Waals surface area contributed by atoms with E-state index in [9.17, 15) is 4.79 Å². The first kappa shape index (κ1) is 15.3. The standard InChI is InChI=1S/C18H15ClN2O2/c1-11-8-9-15(14(19)10-11)20-18(22)16-12(2)23-21-17(16)13-6-4-3-5-7-13/h3-10H,1-2H3,(H,20,22). The van der Waals surface area contributed by atoms with E-state index in [1.165, 1.54) is 0 Å². The van der Waals surface area contributed by atoms with Crippen molar-refractivity contribution in [2.75, 3.05) is 5.32 Å². The fourth-order valence-electron chi connectivity index (χ4n) is 2.34. The Morgan fingerprint density at radius 3 is 2.57 bits per heavy atom. The summed E-state index contributed by atoms with van der Waals surface area (Å²) in [6, 6.07) is 14.9. The van der Waals surface area contributed by atoms with E-state index in [1.54, 1.807) is 19.1 Å². The number of hydrogen-bond donors (Lipinski definition) is 1. The number of aromatic nitrogens is 1. The van der Waals surface area contributed by atoms with Gasteiger partial charge in [-0.3, -0.25) is 4.79 Å². The van der Waals surface area contributed by atoms with Crippen LogP contribution in [-0.2, 0) is 0 Å². The Morgan fingerprint density at radius 2 is 1.87 bits per heavy atom. The minimum Gasteiger partial charge on any atom is -0.360 e. The summed E-state index contributed by atoms with van der Waals surface area (Å²) in [6.07, 6.45) is 0. The van der Waals surface area contributed by atoms with Crippen LogP contribution in [0.2, 0.25) is 5.02 Å². The maximum absolute atomic E-state index is 12.7. The number of nitrogens with one attached hydrogen (secondary N) is 1. The first-order valence-electron chi connectivity index (χ1n) is 7.15. The minimum atomic E-state index is -0.298. The van der Waals surface area contributed by atoms with E-state index in [-0.39, 0.29) is 5.91 Å². The topological polar surface area (TPSA) is 55.1 Å². The van der Waals surface area contributed by atoms with Gasteiger partial charge in [0.05, 0.1) is 10.7 Å². The van der Waals surface area contributed by atoms with Crippen molar-refractivity contribution in [3.8, 4) is 11.3 Å². The molecule has 0 atom stereocenters. The SMILES string of the molecule is Cc1ccc(NC(=O)c2c(-c3ccccc3)noc2C)c(Cl)c1. The number of aryl methyl sites for hydroxylation is 2. The third-order valence-electron chi connectivity index (χ3n) is 3.51. The van der Waals surface area contributed by atoms with Gasteiger partial charge in [0, 0.05) is 5.56 Å². The lowest BCUT2D eigenvalue weighted by molar-refractivity contribution is 0.102. The molecule has 0 saturated carbocycles. The first-order valence-corrected chi connectivity index (χ1v) is 7.53. The van der Waals surface area contributed by atoms with Gasteiger partial charge in [0.1, 0.15) is 17.0 Å². The van der Waals surface area contributed by atoms with E-state index in [0.717, 1.165) is 11.1 Å². The summed E-state index contributed by atoms with van der Waals surface area (Å²) in [4.78, 5) is 12.7. The molecule has 0 bridgehead atoms. The van der Waals surface area contributed by atoms with E-state index in [4.69, 9.17) is 16.1 Å². The molecule has 116 valence electrons. The van der Waals surface area contributed by atoms with Gasteiger partial charge in [0.25, 0.3) is 5.91 Å². The highest BCUT2D eigenvalue weighted by Gasteiger charge is 2.22. The van der Waals surface area contributed by atoms with Crippen LogP contribution in [0, 0.1) is 13.8 Å². The number of anilines is 1.